The largest absolute Gasteiger partial charge is 0.405 e. The van der Waals surface area contributed by atoms with E-state index in [0.717, 1.165) is 0 Å². The molecular formula is C12H16F3N5O2. The van der Waals surface area contributed by atoms with Gasteiger partial charge in [-0.1, -0.05) is 0 Å². The van der Waals surface area contributed by atoms with E-state index in [2.05, 4.69) is 15.3 Å². The minimum Gasteiger partial charge on any atom is -0.378 e. The molecular weight excluding hydrogens is 303 g/mol. The predicted octanol–water partition coefficient (Wildman–Crippen LogP) is 0.404. The number of alkyl halides is 3. The van der Waals surface area contributed by atoms with Gasteiger partial charge in [0, 0.05) is 19.2 Å². The van der Waals surface area contributed by atoms with Crippen molar-refractivity contribution in [2.24, 2.45) is 0 Å². The molecule has 0 saturated carbocycles. The van der Waals surface area contributed by atoms with Crippen molar-refractivity contribution < 1.29 is 22.7 Å². The van der Waals surface area contributed by atoms with Gasteiger partial charge in [-0.2, -0.15) is 13.2 Å². The first kappa shape index (κ1) is 16.3. The fraction of sp³-hybridized carbons (Fsp3) is 0.583. The summed E-state index contributed by atoms with van der Waals surface area (Å²) >= 11 is 0. The summed E-state index contributed by atoms with van der Waals surface area (Å²) in [4.78, 5) is 21.4. The van der Waals surface area contributed by atoms with E-state index in [4.69, 9.17) is 4.74 Å². The lowest BCUT2D eigenvalue weighted by molar-refractivity contribution is -0.137. The Bertz CT molecular complexity index is 506. The number of carbonyl (C=O) groups is 1. The molecule has 1 aliphatic rings. The molecule has 1 amide bonds. The van der Waals surface area contributed by atoms with Gasteiger partial charge in [0.15, 0.2) is 0 Å². The first-order chi connectivity index (χ1) is 10.4. The summed E-state index contributed by atoms with van der Waals surface area (Å²) in [6.07, 6.45) is -3.09. The van der Waals surface area contributed by atoms with E-state index in [0.29, 0.717) is 37.9 Å². The Balaban J connectivity index is 1.84. The fourth-order valence-electron chi connectivity index (χ4n) is 1.84. The van der Waals surface area contributed by atoms with Gasteiger partial charge in [0.1, 0.15) is 24.5 Å². The average Bonchev–Trinajstić information content (AvgIpc) is 2.51. The van der Waals surface area contributed by atoms with E-state index in [1.807, 2.05) is 4.90 Å². The number of amides is 1. The van der Waals surface area contributed by atoms with Crippen LogP contribution in [0.3, 0.4) is 0 Å². The molecule has 2 N–H and O–H groups in total. The number of nitrogens with one attached hydrogen (secondary N) is 2. The molecule has 0 radical (unpaired) electrons. The lowest BCUT2D eigenvalue weighted by Crippen LogP contribution is -2.37. The summed E-state index contributed by atoms with van der Waals surface area (Å²) in [7, 11) is 0. The van der Waals surface area contributed by atoms with Crippen LogP contribution in [0.1, 0.15) is 0 Å². The van der Waals surface area contributed by atoms with Crippen molar-refractivity contribution in [3.05, 3.63) is 12.4 Å². The SMILES string of the molecule is O=C(CNc1cc(N2CCOCC2)ncn1)NCC(F)(F)F. The van der Waals surface area contributed by atoms with Crippen molar-refractivity contribution in [1.29, 1.82) is 0 Å². The Morgan fingerprint density at radius 2 is 2.05 bits per heavy atom. The van der Waals surface area contributed by atoms with Gasteiger partial charge in [-0.3, -0.25) is 4.79 Å². The Labute approximate surface area is 124 Å². The van der Waals surface area contributed by atoms with Gasteiger partial charge in [-0.25, -0.2) is 9.97 Å². The van der Waals surface area contributed by atoms with E-state index >= 15 is 0 Å². The van der Waals surface area contributed by atoms with Crippen molar-refractivity contribution >= 4 is 17.5 Å². The molecule has 2 rings (SSSR count). The maximum Gasteiger partial charge on any atom is 0.405 e. The zero-order chi connectivity index (χ0) is 16.0. The summed E-state index contributed by atoms with van der Waals surface area (Å²) in [5.74, 6) is 0.291. The quantitative estimate of drug-likeness (QED) is 0.818. The second-order valence-corrected chi connectivity index (χ2v) is 4.61. The molecule has 1 saturated heterocycles. The molecule has 0 atom stereocenters. The smallest absolute Gasteiger partial charge is 0.378 e. The summed E-state index contributed by atoms with van der Waals surface area (Å²) in [6, 6.07) is 1.64. The van der Waals surface area contributed by atoms with E-state index < -0.39 is 18.6 Å². The van der Waals surface area contributed by atoms with Crippen molar-refractivity contribution in [3.8, 4) is 0 Å². The van der Waals surface area contributed by atoms with E-state index in [9.17, 15) is 18.0 Å². The lowest BCUT2D eigenvalue weighted by Gasteiger charge is -2.27. The molecule has 7 nitrogen and oxygen atoms in total. The van der Waals surface area contributed by atoms with Crippen LogP contribution in [0.15, 0.2) is 12.4 Å². The Morgan fingerprint density at radius 1 is 1.32 bits per heavy atom. The topological polar surface area (TPSA) is 79.4 Å². The molecule has 0 aliphatic carbocycles. The third kappa shape index (κ3) is 5.35. The highest BCUT2D eigenvalue weighted by Crippen LogP contribution is 2.15. The van der Waals surface area contributed by atoms with Gasteiger partial charge < -0.3 is 20.3 Å². The van der Waals surface area contributed by atoms with Crippen LogP contribution in [0.5, 0.6) is 0 Å². The molecule has 22 heavy (non-hydrogen) atoms. The number of anilines is 2. The van der Waals surface area contributed by atoms with Gasteiger partial charge in [0.05, 0.1) is 19.8 Å². The Kier molecular flexibility index (Phi) is 5.36. The molecule has 0 bridgehead atoms. The van der Waals surface area contributed by atoms with Gasteiger partial charge in [-0.05, 0) is 0 Å². The highest BCUT2D eigenvalue weighted by atomic mass is 19.4. The lowest BCUT2D eigenvalue weighted by atomic mass is 10.4. The van der Waals surface area contributed by atoms with Crippen molar-refractivity contribution in [1.82, 2.24) is 15.3 Å². The van der Waals surface area contributed by atoms with Crippen molar-refractivity contribution in [3.63, 3.8) is 0 Å². The van der Waals surface area contributed by atoms with Crippen LogP contribution in [0.25, 0.3) is 0 Å². The molecule has 1 aliphatic heterocycles. The van der Waals surface area contributed by atoms with Crippen molar-refractivity contribution in [2.75, 3.05) is 49.6 Å². The number of ether oxygens (including phenoxy) is 1. The minimum atomic E-state index is -4.42. The molecule has 2 heterocycles. The first-order valence-corrected chi connectivity index (χ1v) is 6.66. The van der Waals surface area contributed by atoms with Crippen LogP contribution in [0.4, 0.5) is 24.8 Å². The molecule has 1 aromatic rings. The van der Waals surface area contributed by atoms with Gasteiger partial charge in [0.2, 0.25) is 5.91 Å². The number of aromatic nitrogens is 2. The number of rotatable bonds is 5. The molecule has 0 unspecified atom stereocenters. The summed E-state index contributed by atoms with van der Waals surface area (Å²) in [6.45, 7) is 0.955. The minimum absolute atomic E-state index is 0.296. The molecule has 10 heteroatoms. The second-order valence-electron chi connectivity index (χ2n) is 4.61. The highest BCUT2D eigenvalue weighted by Gasteiger charge is 2.27. The van der Waals surface area contributed by atoms with Crippen LogP contribution in [-0.4, -0.2) is 61.4 Å². The summed E-state index contributed by atoms with van der Waals surface area (Å²) < 4.78 is 41.1. The van der Waals surface area contributed by atoms with Crippen molar-refractivity contribution in [2.45, 2.75) is 6.18 Å². The van der Waals surface area contributed by atoms with Crippen LogP contribution in [-0.2, 0) is 9.53 Å². The van der Waals surface area contributed by atoms with E-state index in [-0.39, 0.29) is 6.54 Å². The maximum atomic E-state index is 12.0. The van der Waals surface area contributed by atoms with Crippen LogP contribution in [0.2, 0.25) is 0 Å². The zero-order valence-electron chi connectivity index (χ0n) is 11.7. The van der Waals surface area contributed by atoms with E-state index in [1.165, 1.54) is 6.33 Å². The Hall–Kier alpha value is -2.10. The van der Waals surface area contributed by atoms with Gasteiger partial charge >= 0.3 is 6.18 Å². The summed E-state index contributed by atoms with van der Waals surface area (Å²) in [5, 5.41) is 4.45. The number of hydrogen-bond donors (Lipinski definition) is 2. The number of halogens is 3. The number of morpholine rings is 1. The normalized spacial score (nSPS) is 15.5. The number of hydrogen-bond acceptors (Lipinski definition) is 6. The molecule has 1 aromatic heterocycles. The van der Waals surface area contributed by atoms with E-state index in [1.54, 1.807) is 11.4 Å². The van der Waals surface area contributed by atoms with Crippen LogP contribution < -0.4 is 15.5 Å². The predicted molar refractivity (Wildman–Crippen MR) is 72.6 cm³/mol. The standard InChI is InChI=1S/C12H16F3N5O2/c13-12(14,15)7-17-11(21)6-16-9-5-10(19-8-18-9)20-1-3-22-4-2-20/h5,8H,1-4,6-7H2,(H,17,21)(H,16,18,19). The number of nitrogens with zero attached hydrogens (tertiary/aromatic N) is 3. The fourth-order valence-corrected chi connectivity index (χ4v) is 1.84. The Morgan fingerprint density at radius 3 is 2.73 bits per heavy atom. The first-order valence-electron chi connectivity index (χ1n) is 6.66. The average molecular weight is 319 g/mol. The monoisotopic (exact) mass is 319 g/mol. The molecule has 0 aromatic carbocycles. The second kappa shape index (κ2) is 7.25. The van der Waals surface area contributed by atoms with Crippen LogP contribution in [0, 0.1) is 0 Å². The van der Waals surface area contributed by atoms with Gasteiger partial charge in [-0.15, -0.1) is 0 Å². The molecule has 122 valence electrons. The molecule has 1 fully saturated rings. The highest BCUT2D eigenvalue weighted by molar-refractivity contribution is 5.80. The third-order valence-electron chi connectivity index (χ3n) is 2.90. The maximum absolute atomic E-state index is 12.0. The number of carbonyl (C=O) groups excluding carboxylic acids is 1. The summed E-state index contributed by atoms with van der Waals surface area (Å²) in [5.41, 5.74) is 0. The zero-order valence-corrected chi connectivity index (χ0v) is 11.7. The molecule has 0 spiro atoms. The third-order valence-corrected chi connectivity index (χ3v) is 2.90. The van der Waals surface area contributed by atoms with Crippen LogP contribution >= 0.6 is 0 Å². The van der Waals surface area contributed by atoms with Gasteiger partial charge in [0.25, 0.3) is 0 Å².